The van der Waals surface area contributed by atoms with Crippen molar-refractivity contribution in [2.75, 3.05) is 40.4 Å². The van der Waals surface area contributed by atoms with Crippen LogP contribution in [0.4, 0.5) is 0 Å². The average molecular weight is 411 g/mol. The maximum atomic E-state index is 5.91. The lowest BCUT2D eigenvalue weighted by atomic mass is 10.1. The molecule has 0 bridgehead atoms. The molecule has 0 aromatic heterocycles. The van der Waals surface area contributed by atoms with Crippen molar-refractivity contribution in [2.24, 2.45) is 27.2 Å². The van der Waals surface area contributed by atoms with Gasteiger partial charge in [0.2, 0.25) is 0 Å². The van der Waals surface area contributed by atoms with Crippen LogP contribution in [0.1, 0.15) is 24.8 Å². The minimum Gasteiger partial charge on any atom is -0.497 e. The number of nitrogens with two attached hydrogens (primary N) is 3. The minimum absolute atomic E-state index is 0.151. The molecule has 0 aliphatic heterocycles. The lowest BCUT2D eigenvalue weighted by molar-refractivity contribution is 0.313. The van der Waals surface area contributed by atoms with Crippen molar-refractivity contribution in [1.29, 1.82) is 0 Å². The number of guanidine groups is 2. The van der Waals surface area contributed by atoms with Crippen LogP contribution in [0.25, 0.3) is 0 Å². The first kappa shape index (κ1) is 23.8. The maximum Gasteiger partial charge on any atom is 0.188 e. The van der Waals surface area contributed by atoms with Gasteiger partial charge >= 0.3 is 0 Å². The summed E-state index contributed by atoms with van der Waals surface area (Å²) in [5.74, 6) is 2.18. The number of benzene rings is 1. The number of nitrogens with one attached hydrogen (secondary N) is 1. The lowest BCUT2D eigenvalue weighted by Crippen LogP contribution is -2.34. The lowest BCUT2D eigenvalue weighted by Gasteiger charge is -2.19. The zero-order valence-electron chi connectivity index (χ0n) is 16.9. The Hall–Kier alpha value is -2.25. The van der Waals surface area contributed by atoms with E-state index >= 15 is 0 Å². The van der Waals surface area contributed by atoms with Crippen molar-refractivity contribution in [2.45, 2.75) is 25.8 Å². The second-order valence-electron chi connectivity index (χ2n) is 6.20. The molecule has 0 fully saturated rings. The standard InChI is InChI=1S/C18H34N7O2P/c1-22-18(21)24-9-11-27-16-7-6-15(26-2)12-14(16)13-25(28)10-5-3-4-8-23-17(19)20/h6-7,12H,3-5,8-11,13,28H2,1-2H3,(H4,19,20,23)(H3,21,22,24). The van der Waals surface area contributed by atoms with E-state index in [4.69, 9.17) is 26.7 Å². The Morgan fingerprint density at radius 2 is 2.00 bits per heavy atom. The van der Waals surface area contributed by atoms with E-state index in [2.05, 4.69) is 29.4 Å². The van der Waals surface area contributed by atoms with Gasteiger partial charge in [-0.3, -0.25) is 14.7 Å². The molecule has 1 unspecified atom stereocenters. The predicted octanol–water partition coefficient (Wildman–Crippen LogP) is 0.644. The van der Waals surface area contributed by atoms with Gasteiger partial charge < -0.3 is 32.0 Å². The molecule has 7 N–H and O–H groups in total. The topological polar surface area (TPSA) is 137 Å². The fraction of sp³-hybridized carbons (Fsp3) is 0.556. The summed E-state index contributed by atoms with van der Waals surface area (Å²) in [7, 11) is 6.07. The summed E-state index contributed by atoms with van der Waals surface area (Å²) in [5, 5.41) is 2.98. The summed E-state index contributed by atoms with van der Waals surface area (Å²) in [4.78, 5) is 7.84. The van der Waals surface area contributed by atoms with Crippen LogP contribution in [0.2, 0.25) is 0 Å². The molecule has 0 heterocycles. The van der Waals surface area contributed by atoms with Crippen LogP contribution in [0.5, 0.6) is 11.5 Å². The van der Waals surface area contributed by atoms with Crippen molar-refractivity contribution in [1.82, 2.24) is 9.99 Å². The number of hydrogen-bond acceptors (Lipinski definition) is 5. The van der Waals surface area contributed by atoms with Gasteiger partial charge in [0.15, 0.2) is 11.9 Å². The monoisotopic (exact) mass is 411 g/mol. The molecule has 0 radical (unpaired) electrons. The van der Waals surface area contributed by atoms with Gasteiger partial charge in [-0.2, -0.15) is 0 Å². The average Bonchev–Trinajstić information content (AvgIpc) is 2.68. The summed E-state index contributed by atoms with van der Waals surface area (Å²) in [6.45, 7) is 3.41. The zero-order valence-corrected chi connectivity index (χ0v) is 18.0. The van der Waals surface area contributed by atoms with E-state index in [0.717, 1.165) is 49.4 Å². The number of nitrogens with zero attached hydrogens (tertiary/aromatic N) is 3. The molecule has 0 aliphatic rings. The van der Waals surface area contributed by atoms with E-state index < -0.39 is 0 Å². The van der Waals surface area contributed by atoms with Crippen LogP contribution in [-0.4, -0.2) is 57.0 Å². The third-order valence-electron chi connectivity index (χ3n) is 3.95. The Morgan fingerprint density at radius 1 is 1.21 bits per heavy atom. The summed E-state index contributed by atoms with van der Waals surface area (Å²) in [6.07, 6.45) is 3.10. The van der Waals surface area contributed by atoms with Gasteiger partial charge in [0.1, 0.15) is 18.1 Å². The van der Waals surface area contributed by atoms with Crippen LogP contribution in [0.3, 0.4) is 0 Å². The number of methoxy groups -OCH3 is 1. The number of hydrogen-bond donors (Lipinski definition) is 4. The van der Waals surface area contributed by atoms with Crippen LogP contribution in [0, 0.1) is 0 Å². The predicted molar refractivity (Wildman–Crippen MR) is 119 cm³/mol. The van der Waals surface area contributed by atoms with Gasteiger partial charge in [-0.25, -0.2) is 0 Å². The van der Waals surface area contributed by atoms with Crippen molar-refractivity contribution in [3.63, 3.8) is 0 Å². The Bertz CT molecular complexity index is 636. The van der Waals surface area contributed by atoms with Crippen LogP contribution >= 0.6 is 9.39 Å². The molecule has 1 atom stereocenters. The van der Waals surface area contributed by atoms with Gasteiger partial charge in [-0.15, -0.1) is 0 Å². The Kier molecular flexibility index (Phi) is 11.8. The molecule has 0 spiro atoms. The summed E-state index contributed by atoms with van der Waals surface area (Å²) in [6, 6.07) is 5.82. The van der Waals surface area contributed by atoms with E-state index in [1.54, 1.807) is 14.2 Å². The molecule has 1 aromatic carbocycles. The maximum absolute atomic E-state index is 5.91. The summed E-state index contributed by atoms with van der Waals surface area (Å²) < 4.78 is 13.4. The number of unbranched alkanes of at least 4 members (excludes halogenated alkanes) is 2. The second-order valence-corrected chi connectivity index (χ2v) is 6.93. The van der Waals surface area contributed by atoms with E-state index in [9.17, 15) is 0 Å². The second kappa shape index (κ2) is 13.8. The first-order chi connectivity index (χ1) is 13.5. The van der Waals surface area contributed by atoms with Crippen LogP contribution < -0.4 is 32.0 Å². The first-order valence-electron chi connectivity index (χ1n) is 9.27. The van der Waals surface area contributed by atoms with Crippen LogP contribution in [-0.2, 0) is 6.54 Å². The van der Waals surface area contributed by atoms with Crippen molar-refractivity contribution in [3.8, 4) is 11.5 Å². The summed E-state index contributed by atoms with van der Waals surface area (Å²) in [5.41, 5.74) is 17.3. The van der Waals surface area contributed by atoms with E-state index in [1.807, 2.05) is 18.2 Å². The van der Waals surface area contributed by atoms with Crippen molar-refractivity contribution < 1.29 is 9.47 Å². The van der Waals surface area contributed by atoms with Crippen LogP contribution in [0.15, 0.2) is 28.2 Å². The summed E-state index contributed by atoms with van der Waals surface area (Å²) >= 11 is 0. The van der Waals surface area contributed by atoms with Gasteiger partial charge in [0, 0.05) is 32.2 Å². The molecule has 0 amide bonds. The Morgan fingerprint density at radius 3 is 2.68 bits per heavy atom. The molecular formula is C18H34N7O2P. The van der Waals surface area contributed by atoms with E-state index in [-0.39, 0.29) is 5.96 Å². The highest BCUT2D eigenvalue weighted by molar-refractivity contribution is 7.13. The number of rotatable bonds is 13. The highest BCUT2D eigenvalue weighted by atomic mass is 31.0. The molecular weight excluding hydrogens is 377 g/mol. The smallest absolute Gasteiger partial charge is 0.188 e. The van der Waals surface area contributed by atoms with Gasteiger partial charge in [-0.1, -0.05) is 15.8 Å². The SMILES string of the molecule is CN=C(N)NCCOc1ccc(OC)cc1CN(P)CCCCCN=C(N)N. The van der Waals surface area contributed by atoms with Gasteiger partial charge in [0.05, 0.1) is 13.7 Å². The third kappa shape index (κ3) is 10.2. The van der Waals surface area contributed by atoms with Crippen molar-refractivity contribution in [3.05, 3.63) is 23.8 Å². The Balaban J connectivity index is 2.50. The fourth-order valence-corrected chi connectivity index (χ4v) is 2.86. The zero-order chi connectivity index (χ0) is 20.8. The minimum atomic E-state index is 0.151. The Labute approximate surface area is 170 Å². The molecule has 1 aromatic rings. The molecule has 0 saturated carbocycles. The normalized spacial score (nSPS) is 11.4. The fourth-order valence-electron chi connectivity index (χ4n) is 2.48. The molecule has 158 valence electrons. The molecule has 28 heavy (non-hydrogen) atoms. The third-order valence-corrected chi connectivity index (χ3v) is 4.39. The molecule has 10 heteroatoms. The van der Waals surface area contributed by atoms with E-state index in [1.165, 1.54) is 0 Å². The molecule has 1 rings (SSSR count). The largest absolute Gasteiger partial charge is 0.497 e. The quantitative estimate of drug-likeness (QED) is 0.162. The molecule has 9 nitrogen and oxygen atoms in total. The van der Waals surface area contributed by atoms with Gasteiger partial charge in [-0.05, 0) is 31.0 Å². The molecule has 0 saturated heterocycles. The highest BCUT2D eigenvalue weighted by Crippen LogP contribution is 2.26. The van der Waals surface area contributed by atoms with Gasteiger partial charge in [0.25, 0.3) is 0 Å². The highest BCUT2D eigenvalue weighted by Gasteiger charge is 2.09. The van der Waals surface area contributed by atoms with E-state index in [0.29, 0.717) is 25.7 Å². The first-order valence-corrected chi connectivity index (χ1v) is 9.78. The van der Waals surface area contributed by atoms with Crippen molar-refractivity contribution >= 4 is 21.3 Å². The number of aliphatic imine (C=N–C) groups is 2. The number of ether oxygens (including phenoxy) is 2. The molecule has 0 aliphatic carbocycles.